The Kier molecular flexibility index (Phi) is 4.59. The van der Waals surface area contributed by atoms with E-state index >= 15 is 0 Å². The maximum atomic E-state index is 12.6. The van der Waals surface area contributed by atoms with Crippen molar-refractivity contribution in [3.05, 3.63) is 24.4 Å². The lowest BCUT2D eigenvalue weighted by molar-refractivity contribution is -0.133. The predicted octanol–water partition coefficient (Wildman–Crippen LogP) is 2.60. The van der Waals surface area contributed by atoms with Gasteiger partial charge in [-0.25, -0.2) is 0 Å². The summed E-state index contributed by atoms with van der Waals surface area (Å²) in [6.45, 7) is 4.13. The fourth-order valence-corrected chi connectivity index (χ4v) is 2.98. The minimum atomic E-state index is -0.0310. The third-order valence-corrected chi connectivity index (χ3v) is 4.03. The number of allylic oxidation sites excluding steroid dienone is 2. The van der Waals surface area contributed by atoms with Crippen molar-refractivity contribution in [3.63, 3.8) is 0 Å². The van der Waals surface area contributed by atoms with E-state index in [1.165, 1.54) is 6.42 Å². The Morgan fingerprint density at radius 1 is 1.33 bits per heavy atom. The number of hydrogen-bond donors (Lipinski definition) is 1. The summed E-state index contributed by atoms with van der Waals surface area (Å²) in [4.78, 5) is 14.6. The molecular formula is C15H24N2O. The van der Waals surface area contributed by atoms with Crippen LogP contribution in [0.1, 0.15) is 44.9 Å². The number of rotatable bonds is 2. The Bertz CT molecular complexity index is 348. The summed E-state index contributed by atoms with van der Waals surface area (Å²) < 4.78 is 0. The zero-order valence-corrected chi connectivity index (χ0v) is 11.3. The van der Waals surface area contributed by atoms with Crippen molar-refractivity contribution in [2.75, 3.05) is 7.05 Å². The third kappa shape index (κ3) is 2.83. The van der Waals surface area contributed by atoms with Gasteiger partial charge in [0.1, 0.15) is 0 Å². The number of hydrogen-bond acceptors (Lipinski definition) is 2. The second-order valence-corrected chi connectivity index (χ2v) is 5.30. The van der Waals surface area contributed by atoms with Crippen LogP contribution in [0.25, 0.3) is 0 Å². The molecule has 2 atom stereocenters. The normalized spacial score (nSPS) is 30.2. The van der Waals surface area contributed by atoms with E-state index < -0.39 is 0 Å². The fraction of sp³-hybridized carbons (Fsp3) is 0.667. The highest BCUT2D eigenvalue weighted by Gasteiger charge is 2.32. The number of likely N-dealkylation sites (tertiary alicyclic amines) is 1. The van der Waals surface area contributed by atoms with Gasteiger partial charge in [0.05, 0.1) is 6.04 Å². The molecule has 2 unspecified atom stereocenters. The van der Waals surface area contributed by atoms with Gasteiger partial charge in [-0.15, -0.1) is 0 Å². The van der Waals surface area contributed by atoms with Crippen molar-refractivity contribution < 1.29 is 4.79 Å². The third-order valence-electron chi connectivity index (χ3n) is 4.03. The van der Waals surface area contributed by atoms with Crippen LogP contribution in [0.15, 0.2) is 24.4 Å². The lowest BCUT2D eigenvalue weighted by atomic mass is 10.1. The molecule has 3 heteroatoms. The fourth-order valence-electron chi connectivity index (χ4n) is 2.98. The molecule has 1 heterocycles. The summed E-state index contributed by atoms with van der Waals surface area (Å²) in [6.07, 6.45) is 11.8. The molecular weight excluding hydrogens is 224 g/mol. The van der Waals surface area contributed by atoms with Gasteiger partial charge in [0.25, 0.3) is 0 Å². The number of nitrogens with one attached hydrogen (secondary N) is 1. The second kappa shape index (κ2) is 6.19. The molecule has 18 heavy (non-hydrogen) atoms. The lowest BCUT2D eigenvalue weighted by Gasteiger charge is -2.33. The first-order valence-electron chi connectivity index (χ1n) is 7.07. The van der Waals surface area contributed by atoms with Gasteiger partial charge in [-0.2, -0.15) is 0 Å². The number of carbonyl (C=O) groups is 1. The lowest BCUT2D eigenvalue weighted by Crippen LogP contribution is -2.47. The summed E-state index contributed by atoms with van der Waals surface area (Å²) in [7, 11) is 1.88. The van der Waals surface area contributed by atoms with Crippen molar-refractivity contribution in [2.45, 2.75) is 57.0 Å². The van der Waals surface area contributed by atoms with Crippen molar-refractivity contribution in [2.24, 2.45) is 0 Å². The molecule has 0 aromatic carbocycles. The van der Waals surface area contributed by atoms with Crippen LogP contribution in [0.2, 0.25) is 0 Å². The second-order valence-electron chi connectivity index (χ2n) is 5.30. The molecule has 0 bridgehead atoms. The topological polar surface area (TPSA) is 32.3 Å². The highest BCUT2D eigenvalue weighted by molar-refractivity contribution is 5.84. The number of nitrogens with zero attached hydrogens (tertiary/aromatic N) is 1. The highest BCUT2D eigenvalue weighted by Crippen LogP contribution is 2.27. The monoisotopic (exact) mass is 248 g/mol. The van der Waals surface area contributed by atoms with Crippen LogP contribution in [0.3, 0.4) is 0 Å². The van der Waals surface area contributed by atoms with Crippen LogP contribution in [0, 0.1) is 0 Å². The van der Waals surface area contributed by atoms with E-state index in [1.54, 1.807) is 0 Å². The Hall–Kier alpha value is -1.09. The minimum Gasteiger partial charge on any atom is -0.312 e. The van der Waals surface area contributed by atoms with E-state index in [-0.39, 0.29) is 11.9 Å². The Labute approximate surface area is 110 Å². The zero-order valence-electron chi connectivity index (χ0n) is 11.3. The molecule has 0 spiro atoms. The van der Waals surface area contributed by atoms with Gasteiger partial charge in [0, 0.05) is 11.7 Å². The highest BCUT2D eigenvalue weighted by atomic mass is 16.2. The Morgan fingerprint density at radius 2 is 2.17 bits per heavy atom. The van der Waals surface area contributed by atoms with Crippen LogP contribution < -0.4 is 5.32 Å². The quantitative estimate of drug-likeness (QED) is 0.762. The van der Waals surface area contributed by atoms with Gasteiger partial charge < -0.3 is 10.2 Å². The average Bonchev–Trinajstić information content (AvgIpc) is 2.69. The maximum absolute atomic E-state index is 12.6. The SMILES string of the molecule is C=C1CCCC(NC)C(=O)N1C1CC=CCCC1. The van der Waals surface area contributed by atoms with Crippen molar-refractivity contribution >= 4 is 5.91 Å². The first kappa shape index (κ1) is 13.3. The van der Waals surface area contributed by atoms with Crippen molar-refractivity contribution in [1.29, 1.82) is 0 Å². The molecule has 1 amide bonds. The van der Waals surface area contributed by atoms with Crippen LogP contribution in [0.5, 0.6) is 0 Å². The Balaban J connectivity index is 2.17. The molecule has 1 saturated heterocycles. The van der Waals surface area contributed by atoms with E-state index in [0.717, 1.165) is 44.2 Å². The largest absolute Gasteiger partial charge is 0.312 e. The standard InChI is InChI=1S/C15H24N2O/c1-12-8-7-11-14(16-2)15(18)17(12)13-9-5-3-4-6-10-13/h3,5,13-14,16H,1,4,6-11H2,2H3. The predicted molar refractivity (Wildman–Crippen MR) is 74.1 cm³/mol. The molecule has 1 fully saturated rings. The van der Waals surface area contributed by atoms with E-state index in [4.69, 9.17) is 0 Å². The molecule has 0 radical (unpaired) electrons. The molecule has 2 aliphatic rings. The van der Waals surface area contributed by atoms with E-state index in [2.05, 4.69) is 24.0 Å². The number of carbonyl (C=O) groups excluding carboxylic acids is 1. The zero-order chi connectivity index (χ0) is 13.0. The molecule has 100 valence electrons. The molecule has 0 aromatic rings. The van der Waals surface area contributed by atoms with Crippen molar-refractivity contribution in [1.82, 2.24) is 10.2 Å². The summed E-state index contributed by atoms with van der Waals surface area (Å²) in [6, 6.07) is 0.286. The van der Waals surface area contributed by atoms with Crippen molar-refractivity contribution in [3.8, 4) is 0 Å². The van der Waals surface area contributed by atoms with Gasteiger partial charge in [0.15, 0.2) is 0 Å². The summed E-state index contributed by atoms with van der Waals surface area (Å²) >= 11 is 0. The Morgan fingerprint density at radius 3 is 2.94 bits per heavy atom. The van der Waals surface area contributed by atoms with Gasteiger partial charge in [-0.05, 0) is 52.0 Å². The van der Waals surface area contributed by atoms with Gasteiger partial charge >= 0.3 is 0 Å². The molecule has 2 rings (SSSR count). The first-order valence-corrected chi connectivity index (χ1v) is 7.07. The van der Waals surface area contributed by atoms with Gasteiger partial charge in [-0.1, -0.05) is 18.7 Å². The molecule has 0 saturated carbocycles. The molecule has 1 aliphatic heterocycles. The van der Waals surface area contributed by atoms with Gasteiger partial charge in [-0.3, -0.25) is 4.79 Å². The minimum absolute atomic E-state index is 0.0310. The smallest absolute Gasteiger partial charge is 0.244 e. The molecule has 1 N–H and O–H groups in total. The first-order chi connectivity index (χ1) is 8.74. The van der Waals surface area contributed by atoms with E-state index in [1.807, 2.05) is 11.9 Å². The van der Waals surface area contributed by atoms with Crippen LogP contribution in [-0.2, 0) is 4.79 Å². The number of amides is 1. The van der Waals surface area contributed by atoms with Gasteiger partial charge in [0.2, 0.25) is 5.91 Å². The summed E-state index contributed by atoms with van der Waals surface area (Å²) in [5.74, 6) is 0.223. The molecule has 1 aliphatic carbocycles. The summed E-state index contributed by atoms with van der Waals surface area (Å²) in [5.41, 5.74) is 1.01. The number of likely N-dealkylation sites (N-methyl/N-ethyl adjacent to an activating group) is 1. The van der Waals surface area contributed by atoms with E-state index in [9.17, 15) is 4.79 Å². The van der Waals surface area contributed by atoms with Crippen LogP contribution in [-0.4, -0.2) is 29.9 Å². The summed E-state index contributed by atoms with van der Waals surface area (Å²) in [5, 5.41) is 3.15. The van der Waals surface area contributed by atoms with Crippen LogP contribution >= 0.6 is 0 Å². The maximum Gasteiger partial charge on any atom is 0.244 e. The van der Waals surface area contributed by atoms with Crippen LogP contribution in [0.4, 0.5) is 0 Å². The molecule has 0 aromatic heterocycles. The van der Waals surface area contributed by atoms with E-state index in [0.29, 0.717) is 6.04 Å². The molecule has 3 nitrogen and oxygen atoms in total. The average molecular weight is 248 g/mol.